The van der Waals surface area contributed by atoms with Crippen LogP contribution in [0.2, 0.25) is 0 Å². The van der Waals surface area contributed by atoms with Crippen LogP contribution < -0.4 is 0 Å². The minimum absolute atomic E-state index is 0.0258. The van der Waals surface area contributed by atoms with Crippen LogP contribution in [0.25, 0.3) is 0 Å². The first-order chi connectivity index (χ1) is 11.7. The molecule has 2 aliphatic rings. The van der Waals surface area contributed by atoms with Crippen molar-refractivity contribution in [3.63, 3.8) is 0 Å². The molecule has 0 spiro atoms. The molecular formula is C23H38O2. The number of hydrogen-bond donors (Lipinski definition) is 0. The lowest BCUT2D eigenvalue weighted by Gasteiger charge is -2.44. The maximum absolute atomic E-state index is 12.7. The Morgan fingerprint density at radius 3 is 2.60 bits per heavy atom. The summed E-state index contributed by atoms with van der Waals surface area (Å²) in [5.74, 6) is 2.65. The quantitative estimate of drug-likeness (QED) is 0.537. The second kappa shape index (κ2) is 8.10. The molecule has 0 amide bonds. The van der Waals surface area contributed by atoms with Crippen LogP contribution in [0.1, 0.15) is 74.1 Å². The van der Waals surface area contributed by atoms with Crippen molar-refractivity contribution >= 4 is 5.97 Å². The number of hydrogen-bond acceptors (Lipinski definition) is 2. The van der Waals surface area contributed by atoms with Crippen LogP contribution in [-0.2, 0) is 9.53 Å². The first kappa shape index (κ1) is 20.3. The van der Waals surface area contributed by atoms with Crippen LogP contribution in [0.5, 0.6) is 0 Å². The summed E-state index contributed by atoms with van der Waals surface area (Å²) in [7, 11) is 0. The largest absolute Gasteiger partial charge is 0.461 e. The Morgan fingerprint density at radius 1 is 1.32 bits per heavy atom. The monoisotopic (exact) mass is 346 g/mol. The minimum Gasteiger partial charge on any atom is -0.461 e. The Bertz CT molecular complexity index is 526. The highest BCUT2D eigenvalue weighted by molar-refractivity contribution is 5.76. The first-order valence-corrected chi connectivity index (χ1v) is 10.3. The highest BCUT2D eigenvalue weighted by Gasteiger charge is 2.42. The second-order valence-electron chi connectivity index (χ2n) is 9.44. The van der Waals surface area contributed by atoms with Crippen LogP contribution in [-0.4, -0.2) is 12.1 Å². The van der Waals surface area contributed by atoms with Gasteiger partial charge in [-0.3, -0.25) is 4.79 Å². The summed E-state index contributed by atoms with van der Waals surface area (Å²) < 4.78 is 6.16. The van der Waals surface area contributed by atoms with Gasteiger partial charge in [0.2, 0.25) is 0 Å². The second-order valence-corrected chi connectivity index (χ2v) is 9.44. The molecular weight excluding hydrogens is 308 g/mol. The number of esters is 1. The maximum atomic E-state index is 12.7. The SMILES string of the molecule is CCC(C)(C)C(=O)OC1CC(C)C=C2C=CC(C)C(CCC(C)C)C21. The Morgan fingerprint density at radius 2 is 2.00 bits per heavy atom. The van der Waals surface area contributed by atoms with E-state index in [1.165, 1.54) is 18.4 Å². The molecule has 142 valence electrons. The molecule has 0 aromatic heterocycles. The molecule has 2 aliphatic carbocycles. The molecule has 0 bridgehead atoms. The third-order valence-electron chi connectivity index (χ3n) is 6.37. The van der Waals surface area contributed by atoms with Gasteiger partial charge in [-0.15, -0.1) is 0 Å². The van der Waals surface area contributed by atoms with Gasteiger partial charge in [0.1, 0.15) is 6.10 Å². The van der Waals surface area contributed by atoms with Crippen LogP contribution in [0.3, 0.4) is 0 Å². The average molecular weight is 347 g/mol. The number of rotatable bonds is 6. The zero-order valence-electron chi connectivity index (χ0n) is 17.3. The fourth-order valence-electron chi connectivity index (χ4n) is 4.19. The number of allylic oxidation sites excluding steroid dienone is 3. The molecule has 0 aromatic rings. The van der Waals surface area contributed by atoms with Crippen molar-refractivity contribution in [3.05, 3.63) is 23.8 Å². The highest BCUT2D eigenvalue weighted by atomic mass is 16.5. The molecule has 0 radical (unpaired) electrons. The van der Waals surface area contributed by atoms with Crippen molar-refractivity contribution in [2.24, 2.45) is 35.0 Å². The predicted octanol–water partition coefficient (Wildman–Crippen LogP) is 6.18. The lowest BCUT2D eigenvalue weighted by Crippen LogP contribution is -2.42. The third-order valence-corrected chi connectivity index (χ3v) is 6.37. The Balaban J connectivity index is 2.25. The standard InChI is InChI=1S/C23H38O2/c1-8-23(6,7)22(24)25-20-14-16(4)13-18-11-10-17(5)19(21(18)20)12-9-15(2)3/h10-11,13,15-17,19-21H,8-9,12,14H2,1-7H3. The van der Waals surface area contributed by atoms with E-state index in [1.54, 1.807) is 0 Å². The van der Waals surface area contributed by atoms with Gasteiger partial charge in [-0.2, -0.15) is 0 Å². The van der Waals surface area contributed by atoms with Crippen molar-refractivity contribution in [1.82, 2.24) is 0 Å². The Hall–Kier alpha value is -1.05. The van der Waals surface area contributed by atoms with E-state index in [0.29, 0.717) is 29.6 Å². The van der Waals surface area contributed by atoms with E-state index in [1.807, 2.05) is 13.8 Å². The van der Waals surface area contributed by atoms with E-state index >= 15 is 0 Å². The highest BCUT2D eigenvalue weighted by Crippen LogP contribution is 2.45. The molecule has 0 saturated carbocycles. The molecule has 0 saturated heterocycles. The van der Waals surface area contributed by atoms with Gasteiger partial charge >= 0.3 is 5.97 Å². The van der Waals surface area contributed by atoms with E-state index in [9.17, 15) is 4.79 Å². The normalized spacial score (nSPS) is 32.3. The van der Waals surface area contributed by atoms with E-state index in [4.69, 9.17) is 4.74 Å². The fraction of sp³-hybridized carbons (Fsp3) is 0.783. The van der Waals surface area contributed by atoms with Crippen molar-refractivity contribution in [3.8, 4) is 0 Å². The first-order valence-electron chi connectivity index (χ1n) is 10.3. The molecule has 5 unspecified atom stereocenters. The Kier molecular flexibility index (Phi) is 6.56. The summed E-state index contributed by atoms with van der Waals surface area (Å²) in [4.78, 5) is 12.7. The molecule has 2 nitrogen and oxygen atoms in total. The molecule has 0 heterocycles. The lowest BCUT2D eigenvalue weighted by atomic mass is 9.65. The van der Waals surface area contributed by atoms with Crippen LogP contribution in [0, 0.1) is 35.0 Å². The van der Waals surface area contributed by atoms with Crippen molar-refractivity contribution in [1.29, 1.82) is 0 Å². The summed E-state index contributed by atoms with van der Waals surface area (Å²) >= 11 is 0. The maximum Gasteiger partial charge on any atom is 0.311 e. The van der Waals surface area contributed by atoms with E-state index in [-0.39, 0.29) is 12.1 Å². The number of carbonyl (C=O) groups excluding carboxylic acids is 1. The van der Waals surface area contributed by atoms with E-state index in [0.717, 1.165) is 12.8 Å². The summed E-state index contributed by atoms with van der Waals surface area (Å²) in [6.07, 6.45) is 11.3. The third kappa shape index (κ3) is 4.77. The van der Waals surface area contributed by atoms with Crippen LogP contribution in [0.15, 0.2) is 23.8 Å². The topological polar surface area (TPSA) is 26.3 Å². The molecule has 0 aliphatic heterocycles. The number of fused-ring (bicyclic) bond motifs is 1. The lowest BCUT2D eigenvalue weighted by molar-refractivity contribution is -0.164. The molecule has 0 fully saturated rings. The van der Waals surface area contributed by atoms with Gasteiger partial charge in [-0.25, -0.2) is 0 Å². The predicted molar refractivity (Wildman–Crippen MR) is 105 cm³/mol. The molecule has 2 rings (SSSR count). The van der Waals surface area contributed by atoms with Gasteiger partial charge in [0, 0.05) is 5.92 Å². The molecule has 5 atom stereocenters. The molecule has 25 heavy (non-hydrogen) atoms. The van der Waals surface area contributed by atoms with Gasteiger partial charge in [-0.05, 0) is 62.4 Å². The zero-order valence-corrected chi connectivity index (χ0v) is 17.3. The summed E-state index contributed by atoms with van der Waals surface area (Å²) in [6, 6.07) is 0. The van der Waals surface area contributed by atoms with E-state index < -0.39 is 5.41 Å². The van der Waals surface area contributed by atoms with Gasteiger partial charge in [0.25, 0.3) is 0 Å². The molecule has 0 aromatic carbocycles. The van der Waals surface area contributed by atoms with Crippen LogP contribution in [0.4, 0.5) is 0 Å². The van der Waals surface area contributed by atoms with Gasteiger partial charge in [0.15, 0.2) is 0 Å². The number of ether oxygens (including phenoxy) is 1. The van der Waals surface area contributed by atoms with Gasteiger partial charge < -0.3 is 4.74 Å². The summed E-state index contributed by atoms with van der Waals surface area (Å²) in [6.45, 7) is 15.2. The van der Waals surface area contributed by atoms with Gasteiger partial charge in [-0.1, -0.05) is 59.3 Å². The Labute approximate surface area is 155 Å². The minimum atomic E-state index is -0.395. The average Bonchev–Trinajstić information content (AvgIpc) is 2.53. The van der Waals surface area contributed by atoms with Crippen molar-refractivity contribution in [2.45, 2.75) is 80.3 Å². The number of carbonyl (C=O) groups is 1. The summed E-state index contributed by atoms with van der Waals surface area (Å²) in [5, 5.41) is 0. The summed E-state index contributed by atoms with van der Waals surface area (Å²) in [5.41, 5.74) is 1.01. The van der Waals surface area contributed by atoms with Crippen molar-refractivity contribution in [2.75, 3.05) is 0 Å². The fourth-order valence-corrected chi connectivity index (χ4v) is 4.19. The van der Waals surface area contributed by atoms with Gasteiger partial charge in [0.05, 0.1) is 5.41 Å². The zero-order chi connectivity index (χ0) is 18.8. The van der Waals surface area contributed by atoms with Crippen LogP contribution >= 0.6 is 0 Å². The van der Waals surface area contributed by atoms with Crippen molar-refractivity contribution < 1.29 is 9.53 Å². The molecule has 2 heteroatoms. The smallest absolute Gasteiger partial charge is 0.311 e. The molecule has 0 N–H and O–H groups in total. The van der Waals surface area contributed by atoms with E-state index in [2.05, 4.69) is 52.8 Å².